The monoisotopic (exact) mass is 287 g/mol. The fraction of sp³-hybridized carbons (Fsp3) is 0.214. The number of carbonyl (C=O) groups excluding carboxylic acids is 1. The van der Waals surface area contributed by atoms with Crippen molar-refractivity contribution >= 4 is 12.0 Å². The van der Waals surface area contributed by atoms with Crippen LogP contribution in [0.1, 0.15) is 5.56 Å². The molecule has 2 rings (SSSR count). The van der Waals surface area contributed by atoms with Gasteiger partial charge in [-0.3, -0.25) is 4.84 Å². The van der Waals surface area contributed by atoms with Gasteiger partial charge in [-0.05, 0) is 11.6 Å². The molecule has 7 heteroatoms. The average Bonchev–Trinajstić information content (AvgIpc) is 2.54. The minimum absolute atomic E-state index is 0.324. The fourth-order valence-electron chi connectivity index (χ4n) is 1.54. The number of rotatable bonds is 7. The quantitative estimate of drug-likeness (QED) is 0.528. The van der Waals surface area contributed by atoms with Gasteiger partial charge in [0.15, 0.2) is 0 Å². The Bertz CT molecular complexity index is 536. The first-order chi connectivity index (χ1) is 10.3. The molecule has 3 N–H and O–H groups in total. The number of hydrogen-bond acceptors (Lipinski definition) is 5. The fourth-order valence-corrected chi connectivity index (χ4v) is 1.54. The van der Waals surface area contributed by atoms with Crippen molar-refractivity contribution in [2.75, 3.05) is 18.4 Å². The highest BCUT2D eigenvalue weighted by molar-refractivity contribution is 5.72. The van der Waals surface area contributed by atoms with Crippen LogP contribution in [0.25, 0.3) is 0 Å². The van der Waals surface area contributed by atoms with Gasteiger partial charge in [-0.1, -0.05) is 30.3 Å². The summed E-state index contributed by atoms with van der Waals surface area (Å²) in [5, 5.41) is 5.62. The molecule has 2 amide bonds. The third kappa shape index (κ3) is 5.87. The molecule has 1 heterocycles. The first-order valence-electron chi connectivity index (χ1n) is 6.55. The summed E-state index contributed by atoms with van der Waals surface area (Å²) in [7, 11) is 0. The number of carbonyl (C=O) groups is 1. The highest BCUT2D eigenvalue weighted by Gasteiger charge is 2.00. The van der Waals surface area contributed by atoms with Crippen LogP contribution in [0.15, 0.2) is 48.8 Å². The molecule has 1 aromatic carbocycles. The van der Waals surface area contributed by atoms with Crippen molar-refractivity contribution < 1.29 is 9.63 Å². The van der Waals surface area contributed by atoms with Gasteiger partial charge in [-0.2, -0.15) is 0 Å². The van der Waals surface area contributed by atoms with Crippen LogP contribution < -0.4 is 16.1 Å². The lowest BCUT2D eigenvalue weighted by Gasteiger charge is -2.08. The summed E-state index contributed by atoms with van der Waals surface area (Å²) in [5.41, 5.74) is 3.31. The van der Waals surface area contributed by atoms with E-state index in [4.69, 9.17) is 4.84 Å². The van der Waals surface area contributed by atoms with Crippen LogP contribution in [0, 0.1) is 0 Å². The first-order valence-corrected chi connectivity index (χ1v) is 6.55. The number of aromatic nitrogens is 2. The normalized spacial score (nSPS) is 9.90. The number of amides is 2. The number of nitrogens with zero attached hydrogens (tertiary/aromatic N) is 2. The van der Waals surface area contributed by atoms with Gasteiger partial charge in [0, 0.05) is 25.5 Å². The zero-order valence-electron chi connectivity index (χ0n) is 11.5. The Labute approximate surface area is 122 Å². The summed E-state index contributed by atoms with van der Waals surface area (Å²) in [6, 6.07) is 10.9. The predicted molar refractivity (Wildman–Crippen MR) is 78.3 cm³/mol. The third-order valence-electron chi connectivity index (χ3n) is 2.51. The smallest absolute Gasteiger partial charge is 0.338 e. The van der Waals surface area contributed by atoms with E-state index in [0.29, 0.717) is 25.6 Å². The van der Waals surface area contributed by atoms with Crippen LogP contribution in [0.3, 0.4) is 0 Å². The molecule has 0 bridgehead atoms. The summed E-state index contributed by atoms with van der Waals surface area (Å²) in [5.74, 6) is 0.528. The van der Waals surface area contributed by atoms with E-state index in [1.165, 1.54) is 0 Å². The molecule has 2 aromatic rings. The molecule has 110 valence electrons. The standard InChI is InChI=1S/C14H17N5O2/c20-14(19-21-11-12-5-2-1-3-6-12)18-10-9-17-13-15-7-4-8-16-13/h1-8H,9-11H2,(H,15,16,17)(H2,18,19,20). The summed E-state index contributed by atoms with van der Waals surface area (Å²) < 4.78 is 0. The number of hydrogen-bond donors (Lipinski definition) is 3. The Balaban J connectivity index is 1.54. The Kier molecular flexibility index (Phi) is 5.96. The Morgan fingerprint density at radius 2 is 1.81 bits per heavy atom. The van der Waals surface area contributed by atoms with E-state index >= 15 is 0 Å². The minimum atomic E-state index is -0.387. The first kappa shape index (κ1) is 14.7. The highest BCUT2D eigenvalue weighted by Crippen LogP contribution is 1.98. The van der Waals surface area contributed by atoms with Gasteiger partial charge in [-0.25, -0.2) is 20.2 Å². The summed E-state index contributed by atoms with van der Waals surface area (Å²) >= 11 is 0. The second-order valence-electron chi connectivity index (χ2n) is 4.13. The number of urea groups is 1. The van der Waals surface area contributed by atoms with Crippen LogP contribution in [-0.4, -0.2) is 29.1 Å². The molecule has 0 atom stereocenters. The van der Waals surface area contributed by atoms with E-state index in [1.54, 1.807) is 18.5 Å². The van der Waals surface area contributed by atoms with Crippen molar-refractivity contribution in [3.8, 4) is 0 Å². The molecule has 0 unspecified atom stereocenters. The van der Waals surface area contributed by atoms with Gasteiger partial charge < -0.3 is 10.6 Å². The highest BCUT2D eigenvalue weighted by atomic mass is 16.7. The molecule has 0 aliphatic carbocycles. The molecule has 0 radical (unpaired) electrons. The molecule has 0 aliphatic rings. The molecular weight excluding hydrogens is 270 g/mol. The molecule has 7 nitrogen and oxygen atoms in total. The molecule has 0 spiro atoms. The Hall–Kier alpha value is -2.67. The lowest BCUT2D eigenvalue weighted by molar-refractivity contribution is 0.0492. The Morgan fingerprint density at radius 3 is 2.57 bits per heavy atom. The van der Waals surface area contributed by atoms with Crippen molar-refractivity contribution in [3.05, 3.63) is 54.4 Å². The van der Waals surface area contributed by atoms with Crippen molar-refractivity contribution in [1.82, 2.24) is 20.8 Å². The second kappa shape index (κ2) is 8.49. The minimum Gasteiger partial charge on any atom is -0.352 e. The van der Waals surface area contributed by atoms with E-state index in [-0.39, 0.29) is 6.03 Å². The number of hydroxylamine groups is 1. The molecule has 0 aliphatic heterocycles. The van der Waals surface area contributed by atoms with Crippen LogP contribution >= 0.6 is 0 Å². The van der Waals surface area contributed by atoms with Crippen molar-refractivity contribution in [1.29, 1.82) is 0 Å². The number of benzene rings is 1. The lowest BCUT2D eigenvalue weighted by atomic mass is 10.2. The van der Waals surface area contributed by atoms with E-state index in [9.17, 15) is 4.79 Å². The van der Waals surface area contributed by atoms with Crippen LogP contribution in [0.5, 0.6) is 0 Å². The second-order valence-corrected chi connectivity index (χ2v) is 4.13. The van der Waals surface area contributed by atoms with Crippen LogP contribution in [0.2, 0.25) is 0 Å². The summed E-state index contributed by atoms with van der Waals surface area (Å²) in [6.45, 7) is 1.28. The molecule has 1 aromatic heterocycles. The van der Waals surface area contributed by atoms with Crippen LogP contribution in [-0.2, 0) is 11.4 Å². The van der Waals surface area contributed by atoms with Gasteiger partial charge in [-0.15, -0.1) is 0 Å². The average molecular weight is 287 g/mol. The van der Waals surface area contributed by atoms with Gasteiger partial charge in [0.2, 0.25) is 5.95 Å². The van der Waals surface area contributed by atoms with E-state index in [0.717, 1.165) is 5.56 Å². The van der Waals surface area contributed by atoms with Gasteiger partial charge in [0.1, 0.15) is 0 Å². The molecule has 0 saturated carbocycles. The zero-order chi connectivity index (χ0) is 14.8. The maximum Gasteiger partial charge on any atom is 0.338 e. The SMILES string of the molecule is O=C(NCCNc1ncccn1)NOCc1ccccc1. The van der Waals surface area contributed by atoms with Crippen LogP contribution in [0.4, 0.5) is 10.7 Å². The number of nitrogens with one attached hydrogen (secondary N) is 3. The maximum absolute atomic E-state index is 11.4. The zero-order valence-corrected chi connectivity index (χ0v) is 11.5. The summed E-state index contributed by atoms with van der Waals surface area (Å²) in [4.78, 5) is 24.5. The van der Waals surface area contributed by atoms with Gasteiger partial charge in [0.05, 0.1) is 6.61 Å². The molecular formula is C14H17N5O2. The predicted octanol–water partition coefficient (Wildman–Crippen LogP) is 1.32. The molecule has 0 fully saturated rings. The van der Waals surface area contributed by atoms with Gasteiger partial charge >= 0.3 is 6.03 Å². The molecule has 0 saturated heterocycles. The van der Waals surface area contributed by atoms with Crippen molar-refractivity contribution in [2.24, 2.45) is 0 Å². The largest absolute Gasteiger partial charge is 0.352 e. The van der Waals surface area contributed by atoms with Gasteiger partial charge in [0.25, 0.3) is 0 Å². The molecule has 21 heavy (non-hydrogen) atoms. The van der Waals surface area contributed by atoms with E-state index in [2.05, 4.69) is 26.1 Å². The third-order valence-corrected chi connectivity index (χ3v) is 2.51. The van der Waals surface area contributed by atoms with Crippen molar-refractivity contribution in [3.63, 3.8) is 0 Å². The Morgan fingerprint density at radius 1 is 1.05 bits per heavy atom. The maximum atomic E-state index is 11.4. The summed E-state index contributed by atoms with van der Waals surface area (Å²) in [6.07, 6.45) is 3.29. The topological polar surface area (TPSA) is 88.2 Å². The number of anilines is 1. The van der Waals surface area contributed by atoms with E-state index < -0.39 is 0 Å². The van der Waals surface area contributed by atoms with Crippen molar-refractivity contribution in [2.45, 2.75) is 6.61 Å². The lowest BCUT2D eigenvalue weighted by Crippen LogP contribution is -2.37. The van der Waals surface area contributed by atoms with E-state index in [1.807, 2.05) is 30.3 Å².